The SMILES string of the molecule is COc1nc(C)cc(C)c1CNC(=O)c1cn2cc(C)ccc2n1. The Labute approximate surface area is 140 Å². The van der Waals surface area contributed by atoms with E-state index in [0.29, 0.717) is 18.1 Å². The second-order valence-corrected chi connectivity index (χ2v) is 5.85. The number of ether oxygens (including phenoxy) is 1. The maximum Gasteiger partial charge on any atom is 0.271 e. The molecule has 3 aromatic heterocycles. The summed E-state index contributed by atoms with van der Waals surface area (Å²) in [6.45, 7) is 6.23. The van der Waals surface area contributed by atoms with Gasteiger partial charge < -0.3 is 14.5 Å². The lowest BCUT2D eigenvalue weighted by molar-refractivity contribution is 0.0946. The van der Waals surface area contributed by atoms with Gasteiger partial charge in [-0.1, -0.05) is 6.07 Å². The standard InChI is InChI=1S/C18H20N4O2/c1-11-5-6-16-21-15(10-22(16)9-11)17(23)19-8-14-12(2)7-13(3)20-18(14)24-4/h5-7,9-10H,8H2,1-4H3,(H,19,23). The maximum absolute atomic E-state index is 12.4. The summed E-state index contributed by atoms with van der Waals surface area (Å²) in [5.41, 5.74) is 5.03. The zero-order valence-corrected chi connectivity index (χ0v) is 14.3. The van der Waals surface area contributed by atoms with Crippen LogP contribution in [0.5, 0.6) is 5.88 Å². The number of carbonyl (C=O) groups is 1. The third-order valence-corrected chi connectivity index (χ3v) is 3.89. The van der Waals surface area contributed by atoms with Crippen LogP contribution in [0.25, 0.3) is 5.65 Å². The van der Waals surface area contributed by atoms with Crippen molar-refractivity contribution in [3.8, 4) is 5.88 Å². The van der Waals surface area contributed by atoms with Crippen LogP contribution in [-0.4, -0.2) is 27.4 Å². The molecular formula is C18H20N4O2. The lowest BCUT2D eigenvalue weighted by atomic mass is 10.1. The first-order valence-corrected chi connectivity index (χ1v) is 7.72. The normalized spacial score (nSPS) is 10.8. The third-order valence-electron chi connectivity index (χ3n) is 3.89. The van der Waals surface area contributed by atoms with Gasteiger partial charge in [0, 0.05) is 30.2 Å². The highest BCUT2D eigenvalue weighted by Gasteiger charge is 2.14. The van der Waals surface area contributed by atoms with Gasteiger partial charge in [-0.15, -0.1) is 0 Å². The predicted octanol–water partition coefficient (Wildman–Crippen LogP) is 2.59. The molecule has 0 saturated heterocycles. The van der Waals surface area contributed by atoms with Crippen molar-refractivity contribution >= 4 is 11.6 Å². The van der Waals surface area contributed by atoms with Gasteiger partial charge in [-0.2, -0.15) is 0 Å². The summed E-state index contributed by atoms with van der Waals surface area (Å²) in [5, 5.41) is 2.89. The number of imidazole rings is 1. The van der Waals surface area contributed by atoms with E-state index >= 15 is 0 Å². The van der Waals surface area contributed by atoms with Crippen LogP contribution in [0.4, 0.5) is 0 Å². The highest BCUT2D eigenvalue weighted by atomic mass is 16.5. The van der Waals surface area contributed by atoms with Gasteiger partial charge >= 0.3 is 0 Å². The van der Waals surface area contributed by atoms with E-state index in [1.54, 1.807) is 13.3 Å². The number of aryl methyl sites for hydroxylation is 3. The average Bonchev–Trinajstić information content (AvgIpc) is 2.96. The van der Waals surface area contributed by atoms with E-state index in [4.69, 9.17) is 4.74 Å². The first-order chi connectivity index (χ1) is 11.5. The molecule has 6 heteroatoms. The number of hydrogen-bond donors (Lipinski definition) is 1. The fraction of sp³-hybridized carbons (Fsp3) is 0.278. The maximum atomic E-state index is 12.4. The summed E-state index contributed by atoms with van der Waals surface area (Å²) in [7, 11) is 1.58. The van der Waals surface area contributed by atoms with Crippen LogP contribution in [0, 0.1) is 20.8 Å². The topological polar surface area (TPSA) is 68.5 Å². The number of nitrogens with zero attached hydrogens (tertiary/aromatic N) is 3. The largest absolute Gasteiger partial charge is 0.481 e. The van der Waals surface area contributed by atoms with E-state index in [2.05, 4.69) is 15.3 Å². The van der Waals surface area contributed by atoms with Crippen LogP contribution in [0.1, 0.15) is 32.9 Å². The van der Waals surface area contributed by atoms with Gasteiger partial charge in [-0.05, 0) is 44.0 Å². The zero-order valence-electron chi connectivity index (χ0n) is 14.3. The fourth-order valence-electron chi connectivity index (χ4n) is 2.68. The highest BCUT2D eigenvalue weighted by molar-refractivity contribution is 5.92. The number of pyridine rings is 2. The summed E-state index contributed by atoms with van der Waals surface area (Å²) in [5.74, 6) is 0.316. The molecule has 0 saturated carbocycles. The molecule has 0 radical (unpaired) electrons. The highest BCUT2D eigenvalue weighted by Crippen LogP contribution is 2.20. The Kier molecular flexibility index (Phi) is 4.20. The van der Waals surface area contributed by atoms with Gasteiger partial charge in [0.15, 0.2) is 0 Å². The molecule has 0 atom stereocenters. The molecule has 0 bridgehead atoms. The molecule has 0 aliphatic rings. The van der Waals surface area contributed by atoms with Gasteiger partial charge in [0.1, 0.15) is 11.3 Å². The number of carbonyl (C=O) groups excluding carboxylic acids is 1. The summed E-state index contributed by atoms with van der Waals surface area (Å²) >= 11 is 0. The van der Waals surface area contributed by atoms with E-state index in [9.17, 15) is 4.79 Å². The number of hydrogen-bond acceptors (Lipinski definition) is 4. The molecule has 0 unspecified atom stereocenters. The van der Waals surface area contributed by atoms with Crippen molar-refractivity contribution in [2.24, 2.45) is 0 Å². The number of aromatic nitrogens is 3. The molecule has 3 rings (SSSR count). The Balaban J connectivity index is 1.80. The smallest absolute Gasteiger partial charge is 0.271 e. The Morgan fingerprint density at radius 1 is 1.21 bits per heavy atom. The van der Waals surface area contributed by atoms with Crippen molar-refractivity contribution in [2.45, 2.75) is 27.3 Å². The molecule has 0 aromatic carbocycles. The lowest BCUT2D eigenvalue weighted by Crippen LogP contribution is -2.24. The van der Waals surface area contributed by atoms with Crippen molar-refractivity contribution in [1.82, 2.24) is 19.7 Å². The summed E-state index contributed by atoms with van der Waals surface area (Å²) < 4.78 is 7.17. The average molecular weight is 324 g/mol. The van der Waals surface area contributed by atoms with Crippen molar-refractivity contribution in [3.63, 3.8) is 0 Å². The second kappa shape index (κ2) is 6.31. The molecule has 3 heterocycles. The first-order valence-electron chi connectivity index (χ1n) is 7.72. The van der Waals surface area contributed by atoms with Gasteiger partial charge in [0.05, 0.1) is 7.11 Å². The molecule has 124 valence electrons. The summed E-state index contributed by atoms with van der Waals surface area (Å²) in [4.78, 5) is 21.1. The Hall–Kier alpha value is -2.89. The molecule has 24 heavy (non-hydrogen) atoms. The number of amides is 1. The molecule has 0 spiro atoms. The lowest BCUT2D eigenvalue weighted by Gasteiger charge is -2.12. The first kappa shape index (κ1) is 16.0. The fourth-order valence-corrected chi connectivity index (χ4v) is 2.68. The zero-order chi connectivity index (χ0) is 17.3. The van der Waals surface area contributed by atoms with E-state index in [0.717, 1.165) is 28.0 Å². The van der Waals surface area contributed by atoms with Crippen LogP contribution in [0.15, 0.2) is 30.6 Å². The predicted molar refractivity (Wildman–Crippen MR) is 91.4 cm³/mol. The van der Waals surface area contributed by atoms with Crippen molar-refractivity contribution < 1.29 is 9.53 Å². The number of rotatable bonds is 4. The number of methoxy groups -OCH3 is 1. The van der Waals surface area contributed by atoms with Gasteiger partial charge in [0.25, 0.3) is 5.91 Å². The molecule has 0 aliphatic heterocycles. The van der Waals surface area contributed by atoms with E-state index < -0.39 is 0 Å². The monoisotopic (exact) mass is 324 g/mol. The molecule has 0 aliphatic carbocycles. The third kappa shape index (κ3) is 3.08. The Morgan fingerprint density at radius 2 is 2.00 bits per heavy atom. The summed E-state index contributed by atoms with van der Waals surface area (Å²) in [6.07, 6.45) is 3.67. The summed E-state index contributed by atoms with van der Waals surface area (Å²) in [6, 6.07) is 5.83. The number of nitrogens with one attached hydrogen (secondary N) is 1. The van der Waals surface area contributed by atoms with Crippen molar-refractivity contribution in [3.05, 3.63) is 58.7 Å². The van der Waals surface area contributed by atoms with Crippen LogP contribution in [0.3, 0.4) is 0 Å². The van der Waals surface area contributed by atoms with E-state index in [-0.39, 0.29) is 5.91 Å². The molecule has 1 N–H and O–H groups in total. The number of fused-ring (bicyclic) bond motifs is 1. The molecule has 3 aromatic rings. The van der Waals surface area contributed by atoms with Crippen LogP contribution >= 0.6 is 0 Å². The van der Waals surface area contributed by atoms with Crippen molar-refractivity contribution in [2.75, 3.05) is 7.11 Å². The van der Waals surface area contributed by atoms with Gasteiger partial charge in [-0.25, -0.2) is 9.97 Å². The van der Waals surface area contributed by atoms with Crippen LogP contribution < -0.4 is 10.1 Å². The van der Waals surface area contributed by atoms with Gasteiger partial charge in [0.2, 0.25) is 5.88 Å². The Bertz CT molecular complexity index is 915. The minimum absolute atomic E-state index is 0.224. The quantitative estimate of drug-likeness (QED) is 0.801. The minimum Gasteiger partial charge on any atom is -0.481 e. The van der Waals surface area contributed by atoms with Gasteiger partial charge in [-0.3, -0.25) is 4.79 Å². The molecule has 6 nitrogen and oxygen atoms in total. The van der Waals surface area contributed by atoms with Crippen molar-refractivity contribution in [1.29, 1.82) is 0 Å². The molecule has 0 fully saturated rings. The van der Waals surface area contributed by atoms with Crippen LogP contribution in [-0.2, 0) is 6.54 Å². The van der Waals surface area contributed by atoms with E-state index in [1.807, 2.05) is 49.6 Å². The van der Waals surface area contributed by atoms with E-state index in [1.165, 1.54) is 0 Å². The minimum atomic E-state index is -0.224. The van der Waals surface area contributed by atoms with Crippen LogP contribution in [0.2, 0.25) is 0 Å². The Morgan fingerprint density at radius 3 is 2.75 bits per heavy atom. The molecular weight excluding hydrogens is 304 g/mol. The molecule has 1 amide bonds. The second-order valence-electron chi connectivity index (χ2n) is 5.85.